The number of rotatable bonds is 5. The van der Waals surface area contributed by atoms with Crippen LogP contribution in [0.1, 0.15) is 0 Å². The lowest BCUT2D eigenvalue weighted by Gasteiger charge is -2.05. The van der Waals surface area contributed by atoms with Gasteiger partial charge in [-0.05, 0) is 59.0 Å². The second-order valence-corrected chi connectivity index (χ2v) is 6.79. The highest BCUT2D eigenvalue weighted by atomic mass is 127. The van der Waals surface area contributed by atoms with E-state index in [4.69, 9.17) is 4.42 Å². The minimum Gasteiger partial charge on any atom is -0.411 e. The number of nitrogens with one attached hydrogen (secondary N) is 1. The molecule has 1 heterocycles. The maximum atomic E-state index is 12.9. The maximum Gasteiger partial charge on any atom is 0.277 e. The number of hydrogen-bond donors (Lipinski definition) is 1. The Morgan fingerprint density at radius 3 is 2.67 bits per heavy atom. The van der Waals surface area contributed by atoms with E-state index in [1.165, 1.54) is 12.1 Å². The Kier molecular flexibility index (Phi) is 5.46. The highest BCUT2D eigenvalue weighted by Crippen LogP contribution is 2.24. The van der Waals surface area contributed by atoms with E-state index >= 15 is 0 Å². The number of amides is 1. The maximum absolute atomic E-state index is 12.9. The van der Waals surface area contributed by atoms with Crippen molar-refractivity contribution in [1.29, 1.82) is 0 Å². The molecular formula is C16H11FIN3O2S. The van der Waals surface area contributed by atoms with Crippen LogP contribution >= 0.6 is 34.4 Å². The van der Waals surface area contributed by atoms with Crippen molar-refractivity contribution in [2.75, 3.05) is 11.1 Å². The molecule has 0 aliphatic rings. The molecule has 1 aromatic heterocycles. The average Bonchev–Trinajstić information content (AvgIpc) is 3.05. The molecule has 0 radical (unpaired) electrons. The Bertz CT molecular complexity index is 855. The number of benzene rings is 2. The van der Waals surface area contributed by atoms with Crippen LogP contribution < -0.4 is 5.32 Å². The first-order chi connectivity index (χ1) is 11.6. The van der Waals surface area contributed by atoms with Gasteiger partial charge < -0.3 is 9.73 Å². The largest absolute Gasteiger partial charge is 0.411 e. The van der Waals surface area contributed by atoms with Crippen LogP contribution in [0.5, 0.6) is 0 Å². The van der Waals surface area contributed by atoms with Crippen molar-refractivity contribution in [3.8, 4) is 11.5 Å². The summed E-state index contributed by atoms with van der Waals surface area (Å²) in [6.07, 6.45) is 0. The fraction of sp³-hybridized carbons (Fsp3) is 0.0625. The van der Waals surface area contributed by atoms with Crippen molar-refractivity contribution in [2.24, 2.45) is 0 Å². The predicted molar refractivity (Wildman–Crippen MR) is 98.2 cm³/mol. The first-order valence-electron chi connectivity index (χ1n) is 6.88. The van der Waals surface area contributed by atoms with Crippen LogP contribution in [0.15, 0.2) is 58.2 Å². The third kappa shape index (κ3) is 4.32. The fourth-order valence-corrected chi connectivity index (χ4v) is 2.94. The van der Waals surface area contributed by atoms with Crippen molar-refractivity contribution >= 4 is 45.9 Å². The van der Waals surface area contributed by atoms with Crippen LogP contribution in [-0.4, -0.2) is 21.9 Å². The van der Waals surface area contributed by atoms with Gasteiger partial charge in [-0.2, -0.15) is 0 Å². The molecule has 0 unspecified atom stereocenters. The summed E-state index contributed by atoms with van der Waals surface area (Å²) < 4.78 is 19.3. The lowest BCUT2D eigenvalue weighted by atomic mass is 10.2. The Labute approximate surface area is 155 Å². The summed E-state index contributed by atoms with van der Waals surface area (Å²) in [6.45, 7) is 0. The van der Waals surface area contributed by atoms with E-state index in [-0.39, 0.29) is 28.6 Å². The zero-order valence-electron chi connectivity index (χ0n) is 12.2. The second-order valence-electron chi connectivity index (χ2n) is 4.70. The molecule has 2 aromatic carbocycles. The molecule has 1 amide bonds. The first kappa shape index (κ1) is 16.9. The van der Waals surface area contributed by atoms with Crippen LogP contribution in [0.4, 0.5) is 10.1 Å². The van der Waals surface area contributed by atoms with Gasteiger partial charge in [0.1, 0.15) is 5.82 Å². The van der Waals surface area contributed by atoms with Crippen molar-refractivity contribution in [3.05, 3.63) is 57.9 Å². The third-order valence-electron chi connectivity index (χ3n) is 2.97. The van der Waals surface area contributed by atoms with Crippen LogP contribution in [0.2, 0.25) is 0 Å². The molecular weight excluding hydrogens is 444 g/mol. The molecule has 0 spiro atoms. The molecule has 5 nitrogen and oxygen atoms in total. The summed E-state index contributed by atoms with van der Waals surface area (Å²) in [7, 11) is 0. The molecule has 122 valence electrons. The number of aromatic nitrogens is 2. The molecule has 8 heteroatoms. The summed E-state index contributed by atoms with van der Waals surface area (Å²) in [5.41, 5.74) is 1.39. The Balaban J connectivity index is 1.58. The van der Waals surface area contributed by atoms with Gasteiger partial charge in [0.05, 0.1) is 11.4 Å². The molecule has 3 rings (SSSR count). The summed E-state index contributed by atoms with van der Waals surface area (Å²) in [5, 5.41) is 10.9. The van der Waals surface area contributed by atoms with Gasteiger partial charge in [-0.15, -0.1) is 10.2 Å². The van der Waals surface area contributed by atoms with Crippen LogP contribution in [-0.2, 0) is 4.79 Å². The van der Waals surface area contributed by atoms with Crippen molar-refractivity contribution in [1.82, 2.24) is 10.2 Å². The number of anilines is 1. The van der Waals surface area contributed by atoms with Crippen LogP contribution in [0.25, 0.3) is 11.5 Å². The molecule has 0 saturated carbocycles. The topological polar surface area (TPSA) is 68.0 Å². The van der Waals surface area contributed by atoms with Gasteiger partial charge in [0.2, 0.25) is 11.8 Å². The Morgan fingerprint density at radius 2 is 1.92 bits per heavy atom. The molecule has 24 heavy (non-hydrogen) atoms. The van der Waals surface area contributed by atoms with E-state index < -0.39 is 0 Å². The Morgan fingerprint density at radius 1 is 1.17 bits per heavy atom. The van der Waals surface area contributed by atoms with Crippen molar-refractivity contribution in [3.63, 3.8) is 0 Å². The quantitative estimate of drug-likeness (QED) is 0.461. The van der Waals surface area contributed by atoms with Crippen LogP contribution in [0.3, 0.4) is 0 Å². The minimum atomic E-state index is -0.333. The molecule has 0 aliphatic heterocycles. The van der Waals surface area contributed by atoms with Crippen molar-refractivity contribution in [2.45, 2.75) is 5.22 Å². The molecule has 1 N–H and O–H groups in total. The van der Waals surface area contributed by atoms with Gasteiger partial charge in [0, 0.05) is 9.13 Å². The van der Waals surface area contributed by atoms with Gasteiger partial charge in [-0.1, -0.05) is 23.9 Å². The number of carbonyl (C=O) groups excluding carboxylic acids is 1. The predicted octanol–water partition coefficient (Wildman–Crippen LogP) is 4.21. The third-order valence-corrected chi connectivity index (χ3v) is 4.73. The standard InChI is InChI=1S/C16H11FIN3O2S/c17-11-7-5-10(6-8-11)15-20-21-16(23-15)24-9-14(22)19-13-4-2-1-3-12(13)18/h1-8H,9H2,(H,19,22). The number of halogens is 2. The van der Waals surface area contributed by atoms with E-state index in [9.17, 15) is 9.18 Å². The highest BCUT2D eigenvalue weighted by Gasteiger charge is 2.12. The molecule has 0 bridgehead atoms. The van der Waals surface area contributed by atoms with Gasteiger partial charge >= 0.3 is 0 Å². The van der Waals surface area contributed by atoms with Gasteiger partial charge in [-0.3, -0.25) is 4.79 Å². The van der Waals surface area contributed by atoms with Gasteiger partial charge in [0.15, 0.2) is 0 Å². The fourth-order valence-electron chi connectivity index (χ4n) is 1.85. The van der Waals surface area contributed by atoms with E-state index in [1.807, 2.05) is 24.3 Å². The number of hydrogen-bond acceptors (Lipinski definition) is 5. The molecule has 0 aliphatic carbocycles. The molecule has 0 atom stereocenters. The number of nitrogens with zero attached hydrogens (tertiary/aromatic N) is 2. The molecule has 3 aromatic rings. The first-order valence-corrected chi connectivity index (χ1v) is 8.95. The van der Waals surface area contributed by atoms with Crippen molar-refractivity contribution < 1.29 is 13.6 Å². The van der Waals surface area contributed by atoms with Gasteiger partial charge in [-0.25, -0.2) is 4.39 Å². The normalized spacial score (nSPS) is 10.6. The number of para-hydroxylation sites is 1. The summed E-state index contributed by atoms with van der Waals surface area (Å²) >= 11 is 3.30. The second kappa shape index (κ2) is 7.75. The number of carbonyl (C=O) groups is 1. The Hall–Kier alpha value is -1.94. The zero-order valence-corrected chi connectivity index (χ0v) is 15.2. The van der Waals surface area contributed by atoms with Crippen LogP contribution in [0, 0.1) is 9.39 Å². The SMILES string of the molecule is O=C(CSc1nnc(-c2ccc(F)cc2)o1)Nc1ccccc1I. The smallest absolute Gasteiger partial charge is 0.277 e. The summed E-state index contributed by atoms with van der Waals surface area (Å²) in [6, 6.07) is 13.3. The average molecular weight is 455 g/mol. The lowest BCUT2D eigenvalue weighted by molar-refractivity contribution is -0.113. The van der Waals surface area contributed by atoms with E-state index in [0.29, 0.717) is 5.56 Å². The number of thioether (sulfide) groups is 1. The van der Waals surface area contributed by atoms with E-state index in [2.05, 4.69) is 38.1 Å². The summed E-state index contributed by atoms with van der Waals surface area (Å²) in [4.78, 5) is 12.0. The molecule has 0 fully saturated rings. The highest BCUT2D eigenvalue weighted by molar-refractivity contribution is 14.1. The van der Waals surface area contributed by atoms with E-state index in [1.54, 1.807) is 12.1 Å². The minimum absolute atomic E-state index is 0.149. The zero-order chi connectivity index (χ0) is 16.9. The summed E-state index contributed by atoms with van der Waals surface area (Å²) in [5.74, 6) is -0.0583. The lowest BCUT2D eigenvalue weighted by Crippen LogP contribution is -2.14. The van der Waals surface area contributed by atoms with Gasteiger partial charge in [0.25, 0.3) is 5.22 Å². The monoisotopic (exact) mass is 455 g/mol. The van der Waals surface area contributed by atoms with E-state index in [0.717, 1.165) is 21.0 Å². The molecule has 0 saturated heterocycles.